The van der Waals surface area contributed by atoms with Crippen LogP contribution in [0, 0.1) is 18.3 Å². The van der Waals surface area contributed by atoms with Gasteiger partial charge in [0.05, 0.1) is 0 Å². The molecule has 4 heteroatoms. The third-order valence-corrected chi connectivity index (χ3v) is 3.53. The molecule has 0 saturated heterocycles. The number of hydrogen-bond acceptors (Lipinski definition) is 2. The van der Waals surface area contributed by atoms with Crippen molar-refractivity contribution in [3.8, 4) is 17.6 Å². The lowest BCUT2D eigenvalue weighted by Gasteiger charge is -2.09. The van der Waals surface area contributed by atoms with Crippen molar-refractivity contribution in [1.82, 2.24) is 0 Å². The number of halogens is 2. The van der Waals surface area contributed by atoms with E-state index in [9.17, 15) is 0 Å². The molecule has 0 bridgehead atoms. The predicted octanol–water partition coefficient (Wildman–Crippen LogP) is 5.07. The zero-order valence-electron chi connectivity index (χ0n) is 9.58. The monoisotopic (exact) mass is 321 g/mol. The molecule has 0 fully saturated rings. The second-order valence-corrected chi connectivity index (χ2v) is 5.00. The van der Waals surface area contributed by atoms with Crippen molar-refractivity contribution >= 4 is 27.5 Å². The molecule has 18 heavy (non-hydrogen) atoms. The number of rotatable bonds is 2. The molecule has 0 aliphatic rings. The van der Waals surface area contributed by atoms with Crippen LogP contribution in [0.4, 0.5) is 0 Å². The van der Waals surface area contributed by atoms with Crippen molar-refractivity contribution < 1.29 is 4.74 Å². The minimum absolute atomic E-state index is 0.477. The van der Waals surface area contributed by atoms with E-state index in [0.29, 0.717) is 26.6 Å². The van der Waals surface area contributed by atoms with Crippen LogP contribution in [0.2, 0.25) is 5.02 Å². The van der Waals surface area contributed by atoms with Crippen LogP contribution in [0.15, 0.2) is 40.9 Å². The SMILES string of the molecule is Cc1cc(Oc2cccc(Br)c2C#N)ccc1Cl. The van der Waals surface area contributed by atoms with Gasteiger partial charge in [-0.15, -0.1) is 0 Å². The number of benzene rings is 2. The van der Waals surface area contributed by atoms with Crippen molar-refractivity contribution in [1.29, 1.82) is 5.26 Å². The molecule has 0 aromatic heterocycles. The number of nitrogens with zero attached hydrogens (tertiary/aromatic N) is 1. The van der Waals surface area contributed by atoms with Gasteiger partial charge in [-0.3, -0.25) is 0 Å². The summed E-state index contributed by atoms with van der Waals surface area (Å²) in [6.45, 7) is 1.90. The van der Waals surface area contributed by atoms with Gasteiger partial charge >= 0.3 is 0 Å². The molecular formula is C14H9BrClNO. The standard InChI is InChI=1S/C14H9BrClNO/c1-9-7-10(5-6-13(9)16)18-14-4-2-3-12(15)11(14)8-17/h2-7H,1H3. The molecule has 0 atom stereocenters. The summed E-state index contributed by atoms with van der Waals surface area (Å²) >= 11 is 9.28. The zero-order valence-corrected chi connectivity index (χ0v) is 11.9. The molecule has 0 heterocycles. The van der Waals surface area contributed by atoms with E-state index in [1.54, 1.807) is 24.3 Å². The Morgan fingerprint density at radius 1 is 1.28 bits per heavy atom. The van der Waals surface area contributed by atoms with E-state index in [4.69, 9.17) is 21.6 Å². The van der Waals surface area contributed by atoms with E-state index in [0.717, 1.165) is 5.56 Å². The lowest BCUT2D eigenvalue weighted by molar-refractivity contribution is 0.480. The van der Waals surface area contributed by atoms with Gasteiger partial charge < -0.3 is 4.74 Å². The van der Waals surface area contributed by atoms with Crippen LogP contribution < -0.4 is 4.74 Å². The molecular weight excluding hydrogens is 314 g/mol. The highest BCUT2D eigenvalue weighted by atomic mass is 79.9. The van der Waals surface area contributed by atoms with E-state index < -0.39 is 0 Å². The van der Waals surface area contributed by atoms with Crippen LogP contribution in [0.3, 0.4) is 0 Å². The van der Waals surface area contributed by atoms with Crippen LogP contribution in [0.1, 0.15) is 11.1 Å². The maximum Gasteiger partial charge on any atom is 0.146 e. The van der Waals surface area contributed by atoms with E-state index in [-0.39, 0.29) is 0 Å². The van der Waals surface area contributed by atoms with Gasteiger partial charge in [-0.25, -0.2) is 0 Å². The molecule has 2 aromatic rings. The first-order valence-corrected chi connectivity index (χ1v) is 6.41. The third kappa shape index (κ3) is 2.66. The average Bonchev–Trinajstić information content (AvgIpc) is 2.34. The summed E-state index contributed by atoms with van der Waals surface area (Å²) in [5.41, 5.74) is 1.41. The Balaban J connectivity index is 2.37. The van der Waals surface area contributed by atoms with Crippen LogP contribution in [-0.2, 0) is 0 Å². The quantitative estimate of drug-likeness (QED) is 0.773. The smallest absolute Gasteiger partial charge is 0.146 e. The molecule has 0 aliphatic heterocycles. The second-order valence-electron chi connectivity index (χ2n) is 3.74. The maximum atomic E-state index is 9.09. The summed E-state index contributed by atoms with van der Waals surface area (Å²) in [6, 6.07) is 12.9. The van der Waals surface area contributed by atoms with Crippen molar-refractivity contribution in [2.45, 2.75) is 6.92 Å². The molecule has 2 rings (SSSR count). The highest BCUT2D eigenvalue weighted by molar-refractivity contribution is 9.10. The van der Waals surface area contributed by atoms with Gasteiger partial charge in [0, 0.05) is 9.50 Å². The molecule has 2 nitrogen and oxygen atoms in total. The largest absolute Gasteiger partial charge is 0.456 e. The molecule has 0 aliphatic carbocycles. The molecule has 0 N–H and O–H groups in total. The van der Waals surface area contributed by atoms with Gasteiger partial charge in [0.15, 0.2) is 0 Å². The number of hydrogen-bond donors (Lipinski definition) is 0. The lowest BCUT2D eigenvalue weighted by Crippen LogP contribution is -1.89. The van der Waals surface area contributed by atoms with Crippen LogP contribution in [0.25, 0.3) is 0 Å². The van der Waals surface area contributed by atoms with Gasteiger partial charge in [-0.1, -0.05) is 17.7 Å². The average molecular weight is 323 g/mol. The maximum absolute atomic E-state index is 9.09. The first kappa shape index (κ1) is 12.9. The topological polar surface area (TPSA) is 33.0 Å². The molecule has 90 valence electrons. The van der Waals surface area contributed by atoms with Crippen molar-refractivity contribution in [3.05, 3.63) is 57.0 Å². The Kier molecular flexibility index (Phi) is 3.90. The highest BCUT2D eigenvalue weighted by Gasteiger charge is 2.08. The summed E-state index contributed by atoms with van der Waals surface area (Å²) in [5, 5.41) is 9.79. The minimum Gasteiger partial charge on any atom is -0.456 e. The second kappa shape index (κ2) is 5.43. The van der Waals surface area contributed by atoms with Crippen LogP contribution in [-0.4, -0.2) is 0 Å². The molecule has 0 unspecified atom stereocenters. The Bertz CT molecular complexity index is 634. The van der Waals surface area contributed by atoms with Gasteiger partial charge in [-0.2, -0.15) is 5.26 Å². The first-order chi connectivity index (χ1) is 8.61. The van der Waals surface area contributed by atoms with Gasteiger partial charge in [0.1, 0.15) is 23.1 Å². The zero-order chi connectivity index (χ0) is 13.1. The summed E-state index contributed by atoms with van der Waals surface area (Å²) < 4.78 is 6.42. The van der Waals surface area contributed by atoms with E-state index in [2.05, 4.69) is 22.0 Å². The number of aryl methyl sites for hydroxylation is 1. The molecule has 0 amide bonds. The summed E-state index contributed by atoms with van der Waals surface area (Å²) in [5.74, 6) is 1.18. The minimum atomic E-state index is 0.477. The molecule has 0 saturated carbocycles. The third-order valence-electron chi connectivity index (χ3n) is 2.44. The Morgan fingerprint density at radius 2 is 2.06 bits per heavy atom. The summed E-state index contributed by atoms with van der Waals surface area (Å²) in [4.78, 5) is 0. The van der Waals surface area contributed by atoms with E-state index in [1.807, 2.05) is 19.1 Å². The van der Waals surface area contributed by atoms with E-state index >= 15 is 0 Å². The number of nitriles is 1. The first-order valence-electron chi connectivity index (χ1n) is 5.24. The predicted molar refractivity (Wildman–Crippen MR) is 75.1 cm³/mol. The Morgan fingerprint density at radius 3 is 2.72 bits per heavy atom. The lowest BCUT2D eigenvalue weighted by atomic mass is 10.2. The van der Waals surface area contributed by atoms with Crippen molar-refractivity contribution in [2.75, 3.05) is 0 Å². The molecule has 0 spiro atoms. The Hall–Kier alpha value is -1.50. The Labute approximate surface area is 119 Å². The van der Waals surface area contributed by atoms with Crippen LogP contribution >= 0.6 is 27.5 Å². The fourth-order valence-electron chi connectivity index (χ4n) is 1.51. The van der Waals surface area contributed by atoms with Crippen molar-refractivity contribution in [2.24, 2.45) is 0 Å². The number of ether oxygens (including phenoxy) is 1. The van der Waals surface area contributed by atoms with Crippen LogP contribution in [0.5, 0.6) is 11.5 Å². The molecule has 2 aromatic carbocycles. The van der Waals surface area contributed by atoms with E-state index in [1.165, 1.54) is 0 Å². The van der Waals surface area contributed by atoms with Gasteiger partial charge in [0.2, 0.25) is 0 Å². The molecule has 0 radical (unpaired) electrons. The summed E-state index contributed by atoms with van der Waals surface area (Å²) in [7, 11) is 0. The summed E-state index contributed by atoms with van der Waals surface area (Å²) in [6.07, 6.45) is 0. The normalized spacial score (nSPS) is 9.89. The van der Waals surface area contributed by atoms with Crippen molar-refractivity contribution in [3.63, 3.8) is 0 Å². The fourth-order valence-corrected chi connectivity index (χ4v) is 2.06. The fraction of sp³-hybridized carbons (Fsp3) is 0.0714. The van der Waals surface area contributed by atoms with Gasteiger partial charge in [-0.05, 0) is 58.7 Å². The highest BCUT2D eigenvalue weighted by Crippen LogP contribution is 2.31. The van der Waals surface area contributed by atoms with Gasteiger partial charge in [0.25, 0.3) is 0 Å².